The van der Waals surface area contributed by atoms with E-state index in [-0.39, 0.29) is 11.6 Å². The number of nitrogens with two attached hydrogens (primary N) is 1. The summed E-state index contributed by atoms with van der Waals surface area (Å²) in [4.78, 5) is 16.2. The van der Waals surface area contributed by atoms with Gasteiger partial charge in [-0.3, -0.25) is 4.79 Å². The van der Waals surface area contributed by atoms with E-state index in [0.717, 1.165) is 19.6 Å². The summed E-state index contributed by atoms with van der Waals surface area (Å²) >= 11 is 0. The zero-order valence-electron chi connectivity index (χ0n) is 10.5. The van der Waals surface area contributed by atoms with Crippen LogP contribution in [0.1, 0.15) is 17.3 Å². The molecule has 2 N–H and O–H groups in total. The number of nitrogens with zero attached hydrogens (tertiary/aromatic N) is 2. The number of halogens is 1. The monoisotopic (exact) mass is 251 g/mol. The number of carbonyl (C=O) groups excluding carboxylic acids is 1. The Hall–Kier alpha value is -1.62. The van der Waals surface area contributed by atoms with Crippen LogP contribution in [0.25, 0.3) is 0 Å². The first-order valence-corrected chi connectivity index (χ1v) is 6.18. The Labute approximate surface area is 106 Å². The largest absolute Gasteiger partial charge is 0.396 e. The molecule has 1 aromatic rings. The maximum absolute atomic E-state index is 13.3. The van der Waals surface area contributed by atoms with Crippen LogP contribution >= 0.6 is 0 Å². The van der Waals surface area contributed by atoms with Gasteiger partial charge in [-0.1, -0.05) is 6.92 Å². The molecule has 1 saturated heterocycles. The molecule has 0 unspecified atom stereocenters. The van der Waals surface area contributed by atoms with Crippen molar-refractivity contribution in [2.75, 3.05) is 38.5 Å². The molecule has 0 saturated carbocycles. The highest BCUT2D eigenvalue weighted by atomic mass is 19.1. The van der Waals surface area contributed by atoms with Crippen molar-refractivity contribution >= 4 is 11.6 Å². The number of nitrogen functional groups attached to an aromatic ring is 1. The summed E-state index contributed by atoms with van der Waals surface area (Å²) in [6, 6.07) is 4.22. The minimum atomic E-state index is -0.534. The van der Waals surface area contributed by atoms with Crippen LogP contribution in [0.15, 0.2) is 18.2 Å². The number of piperazine rings is 1. The van der Waals surface area contributed by atoms with Gasteiger partial charge in [-0.25, -0.2) is 4.39 Å². The van der Waals surface area contributed by atoms with Gasteiger partial charge in [0.1, 0.15) is 5.82 Å². The number of hydrogen-bond donors (Lipinski definition) is 1. The Morgan fingerprint density at radius 3 is 2.56 bits per heavy atom. The van der Waals surface area contributed by atoms with Gasteiger partial charge in [0.15, 0.2) is 0 Å². The second kappa shape index (κ2) is 5.35. The zero-order valence-corrected chi connectivity index (χ0v) is 10.5. The molecule has 1 fully saturated rings. The Morgan fingerprint density at radius 2 is 2.00 bits per heavy atom. The fraction of sp³-hybridized carbons (Fsp3) is 0.462. The van der Waals surface area contributed by atoms with Gasteiger partial charge < -0.3 is 15.5 Å². The van der Waals surface area contributed by atoms with Crippen molar-refractivity contribution in [1.82, 2.24) is 9.80 Å². The molecule has 18 heavy (non-hydrogen) atoms. The average molecular weight is 251 g/mol. The Bertz CT molecular complexity index is 442. The molecular formula is C13H18FN3O. The third-order valence-corrected chi connectivity index (χ3v) is 3.35. The molecule has 5 heteroatoms. The van der Waals surface area contributed by atoms with Gasteiger partial charge in [0.05, 0.1) is 5.69 Å². The molecule has 1 heterocycles. The maximum Gasteiger partial charge on any atom is 0.254 e. The van der Waals surface area contributed by atoms with Crippen LogP contribution in [-0.2, 0) is 0 Å². The van der Waals surface area contributed by atoms with Crippen molar-refractivity contribution in [2.24, 2.45) is 0 Å². The van der Waals surface area contributed by atoms with Crippen molar-refractivity contribution in [3.63, 3.8) is 0 Å². The summed E-state index contributed by atoms with van der Waals surface area (Å²) in [5, 5.41) is 0. The Balaban J connectivity index is 2.05. The number of amides is 1. The van der Waals surface area contributed by atoms with E-state index in [9.17, 15) is 9.18 Å². The second-order valence-electron chi connectivity index (χ2n) is 4.46. The Morgan fingerprint density at radius 1 is 1.33 bits per heavy atom. The lowest BCUT2D eigenvalue weighted by Crippen LogP contribution is -2.48. The van der Waals surface area contributed by atoms with E-state index >= 15 is 0 Å². The van der Waals surface area contributed by atoms with E-state index in [1.54, 1.807) is 11.0 Å². The predicted octanol–water partition coefficient (Wildman–Crippen LogP) is 1.19. The minimum absolute atomic E-state index is 0.0716. The van der Waals surface area contributed by atoms with E-state index in [1.165, 1.54) is 12.1 Å². The van der Waals surface area contributed by atoms with Crippen molar-refractivity contribution in [1.29, 1.82) is 0 Å². The molecule has 0 aliphatic carbocycles. The second-order valence-corrected chi connectivity index (χ2v) is 4.46. The van der Waals surface area contributed by atoms with Crippen molar-refractivity contribution in [3.05, 3.63) is 29.6 Å². The molecule has 98 valence electrons. The molecule has 1 aliphatic rings. The number of anilines is 1. The summed E-state index contributed by atoms with van der Waals surface area (Å²) in [6.07, 6.45) is 0. The Kier molecular flexibility index (Phi) is 3.81. The quantitative estimate of drug-likeness (QED) is 0.803. The SMILES string of the molecule is CCN1CCN(C(=O)c2ccc(N)c(F)c2)CC1. The maximum atomic E-state index is 13.3. The lowest BCUT2D eigenvalue weighted by atomic mass is 10.1. The highest BCUT2D eigenvalue weighted by molar-refractivity contribution is 5.94. The summed E-state index contributed by atoms with van der Waals surface area (Å²) in [5.74, 6) is -0.655. The fourth-order valence-corrected chi connectivity index (χ4v) is 2.11. The van der Waals surface area contributed by atoms with Gasteiger partial charge in [-0.05, 0) is 24.7 Å². The van der Waals surface area contributed by atoms with Crippen LogP contribution in [0.5, 0.6) is 0 Å². The first kappa shape index (κ1) is 12.8. The van der Waals surface area contributed by atoms with Gasteiger partial charge in [0.2, 0.25) is 0 Å². The van der Waals surface area contributed by atoms with Gasteiger partial charge >= 0.3 is 0 Å². The molecule has 0 aromatic heterocycles. The minimum Gasteiger partial charge on any atom is -0.396 e. The van der Waals surface area contributed by atoms with Crippen LogP contribution in [0, 0.1) is 5.82 Å². The first-order chi connectivity index (χ1) is 8.61. The third kappa shape index (κ3) is 2.61. The fourth-order valence-electron chi connectivity index (χ4n) is 2.11. The van der Waals surface area contributed by atoms with Crippen LogP contribution in [0.4, 0.5) is 10.1 Å². The number of carbonyl (C=O) groups is 1. The highest BCUT2D eigenvalue weighted by Crippen LogP contribution is 2.14. The van der Waals surface area contributed by atoms with Crippen LogP contribution in [0.3, 0.4) is 0 Å². The van der Waals surface area contributed by atoms with Crippen LogP contribution < -0.4 is 5.73 Å². The van der Waals surface area contributed by atoms with Crippen LogP contribution in [-0.4, -0.2) is 48.4 Å². The van der Waals surface area contributed by atoms with Crippen LogP contribution in [0.2, 0.25) is 0 Å². The van der Waals surface area contributed by atoms with Crippen molar-refractivity contribution in [3.8, 4) is 0 Å². The number of likely N-dealkylation sites (N-methyl/N-ethyl adjacent to an activating group) is 1. The third-order valence-electron chi connectivity index (χ3n) is 3.35. The first-order valence-electron chi connectivity index (χ1n) is 6.18. The summed E-state index contributed by atoms with van der Waals surface area (Å²) in [7, 11) is 0. The highest BCUT2D eigenvalue weighted by Gasteiger charge is 2.21. The van der Waals surface area contributed by atoms with Crippen molar-refractivity contribution in [2.45, 2.75) is 6.92 Å². The molecule has 1 aliphatic heterocycles. The van der Waals surface area contributed by atoms with Crippen molar-refractivity contribution < 1.29 is 9.18 Å². The van der Waals surface area contributed by atoms with E-state index in [1.807, 2.05) is 0 Å². The normalized spacial score (nSPS) is 16.9. The molecule has 0 bridgehead atoms. The lowest BCUT2D eigenvalue weighted by molar-refractivity contribution is 0.0643. The lowest BCUT2D eigenvalue weighted by Gasteiger charge is -2.34. The number of benzene rings is 1. The molecular weight excluding hydrogens is 233 g/mol. The summed E-state index contributed by atoms with van der Waals surface area (Å²) in [5.41, 5.74) is 5.84. The van der Waals surface area contributed by atoms with Gasteiger partial charge in [0, 0.05) is 31.7 Å². The standard InChI is InChI=1S/C13H18FN3O/c1-2-16-5-7-17(8-6-16)13(18)10-3-4-12(15)11(14)9-10/h3-4,9H,2,5-8,15H2,1H3. The summed E-state index contributed by atoms with van der Waals surface area (Å²) < 4.78 is 13.3. The summed E-state index contributed by atoms with van der Waals surface area (Å²) in [6.45, 7) is 6.24. The molecule has 4 nitrogen and oxygen atoms in total. The van der Waals surface area contributed by atoms with Gasteiger partial charge in [0.25, 0.3) is 5.91 Å². The topological polar surface area (TPSA) is 49.6 Å². The number of hydrogen-bond acceptors (Lipinski definition) is 3. The van der Waals surface area contributed by atoms with E-state index in [4.69, 9.17) is 5.73 Å². The van der Waals surface area contributed by atoms with E-state index in [0.29, 0.717) is 18.7 Å². The zero-order chi connectivity index (χ0) is 13.1. The van der Waals surface area contributed by atoms with E-state index in [2.05, 4.69) is 11.8 Å². The molecule has 0 atom stereocenters. The molecule has 1 aromatic carbocycles. The van der Waals surface area contributed by atoms with Gasteiger partial charge in [-0.2, -0.15) is 0 Å². The molecule has 2 rings (SSSR count). The average Bonchev–Trinajstić information content (AvgIpc) is 2.41. The smallest absolute Gasteiger partial charge is 0.254 e. The molecule has 0 spiro atoms. The molecule has 0 radical (unpaired) electrons. The van der Waals surface area contributed by atoms with Gasteiger partial charge in [-0.15, -0.1) is 0 Å². The molecule has 1 amide bonds. The predicted molar refractivity (Wildman–Crippen MR) is 68.8 cm³/mol. The number of rotatable bonds is 2. The van der Waals surface area contributed by atoms with E-state index < -0.39 is 5.82 Å².